The number of carbonyl (C=O) groups is 1. The van der Waals surface area contributed by atoms with E-state index in [2.05, 4.69) is 0 Å². The third-order valence-corrected chi connectivity index (χ3v) is 4.38. The van der Waals surface area contributed by atoms with Gasteiger partial charge in [0.05, 0.1) is 9.82 Å². The topological polar surface area (TPSA) is 139 Å². The molecule has 1 heterocycles. The zero-order valence-corrected chi connectivity index (χ0v) is 13.2. The van der Waals surface area contributed by atoms with E-state index >= 15 is 0 Å². The Morgan fingerprint density at radius 3 is 2.56 bits per heavy atom. The molecule has 8 nitrogen and oxygen atoms in total. The molecule has 0 saturated carbocycles. The van der Waals surface area contributed by atoms with Crippen LogP contribution in [0.2, 0.25) is 0 Å². The van der Waals surface area contributed by atoms with Crippen molar-refractivity contribution >= 4 is 23.4 Å². The molecule has 124 valence electrons. The predicted molar refractivity (Wildman–Crippen MR) is 88.5 cm³/mol. The Hall–Kier alpha value is -3.51. The maximum absolute atomic E-state index is 11.3. The van der Waals surface area contributed by atoms with Crippen LogP contribution in [0.3, 0.4) is 0 Å². The molecular formula is C16H9N3O5S. The van der Waals surface area contributed by atoms with Crippen molar-refractivity contribution in [2.75, 3.05) is 0 Å². The average molecular weight is 355 g/mol. The minimum atomic E-state index is -0.918. The number of amides is 1. The Morgan fingerprint density at radius 2 is 2.00 bits per heavy atom. The third-order valence-electron chi connectivity index (χ3n) is 3.39. The van der Waals surface area contributed by atoms with Gasteiger partial charge in [0.2, 0.25) is 0 Å². The Balaban J connectivity index is 2.10. The molecule has 0 bridgehead atoms. The molecule has 25 heavy (non-hydrogen) atoms. The minimum Gasteiger partial charge on any atom is -0.508 e. The molecule has 3 rings (SSSR count). The van der Waals surface area contributed by atoms with Crippen molar-refractivity contribution in [2.24, 2.45) is 5.73 Å². The zero-order valence-electron chi connectivity index (χ0n) is 12.4. The standard InChI is InChI=1S/C16H9N3O5S/c17-7-12(15(18)21)16-24-14-11(5-10(20)6-13(14)25-16)8-1-3-9(4-2-8)19(22)23/h1-6,20H,(H2,18,21)/b16-12+. The zero-order chi connectivity index (χ0) is 18.1. The predicted octanol–water partition coefficient (Wildman–Crippen LogP) is 2.67. The van der Waals surface area contributed by atoms with Gasteiger partial charge in [-0.25, -0.2) is 0 Å². The third kappa shape index (κ3) is 2.98. The number of nitro groups is 1. The molecule has 0 spiro atoms. The number of aromatic hydroxyl groups is 1. The average Bonchev–Trinajstić information content (AvgIpc) is 2.97. The minimum absolute atomic E-state index is 0.0266. The summed E-state index contributed by atoms with van der Waals surface area (Å²) in [4.78, 5) is 22.1. The number of non-ortho nitro benzene ring substituents is 1. The Labute approximate surface area is 145 Å². The molecule has 9 heteroatoms. The van der Waals surface area contributed by atoms with Crippen LogP contribution in [-0.2, 0) is 4.79 Å². The molecule has 3 N–H and O–H groups in total. The number of nitrogens with two attached hydrogens (primary N) is 1. The highest BCUT2D eigenvalue weighted by molar-refractivity contribution is 8.03. The summed E-state index contributed by atoms with van der Waals surface area (Å²) in [5, 5.41) is 29.8. The molecule has 1 aliphatic heterocycles. The van der Waals surface area contributed by atoms with Gasteiger partial charge in [-0.2, -0.15) is 5.26 Å². The normalized spacial score (nSPS) is 14.2. The van der Waals surface area contributed by atoms with Crippen LogP contribution in [0.4, 0.5) is 5.69 Å². The molecule has 0 unspecified atom stereocenters. The van der Waals surface area contributed by atoms with Gasteiger partial charge in [-0.15, -0.1) is 0 Å². The molecule has 1 amide bonds. The van der Waals surface area contributed by atoms with Crippen LogP contribution in [0, 0.1) is 21.4 Å². The summed E-state index contributed by atoms with van der Waals surface area (Å²) in [6.07, 6.45) is 0. The highest BCUT2D eigenvalue weighted by Gasteiger charge is 2.28. The van der Waals surface area contributed by atoms with Crippen molar-refractivity contribution in [3.05, 3.63) is 57.2 Å². The quantitative estimate of drug-likeness (QED) is 0.373. The summed E-state index contributed by atoms with van der Waals surface area (Å²) >= 11 is 0.994. The summed E-state index contributed by atoms with van der Waals surface area (Å²) < 4.78 is 5.61. The largest absolute Gasteiger partial charge is 0.508 e. The molecule has 2 aromatic rings. The second-order valence-electron chi connectivity index (χ2n) is 4.97. The molecule has 1 aliphatic rings. The van der Waals surface area contributed by atoms with Crippen LogP contribution in [-0.4, -0.2) is 15.9 Å². The highest BCUT2D eigenvalue weighted by Crippen LogP contribution is 2.51. The van der Waals surface area contributed by atoms with Crippen LogP contribution in [0.1, 0.15) is 0 Å². The van der Waals surface area contributed by atoms with Crippen molar-refractivity contribution in [3.63, 3.8) is 0 Å². The van der Waals surface area contributed by atoms with E-state index in [1.54, 1.807) is 6.07 Å². The molecule has 2 aromatic carbocycles. The van der Waals surface area contributed by atoms with Crippen molar-refractivity contribution in [3.8, 4) is 28.7 Å². The lowest BCUT2D eigenvalue weighted by Gasteiger charge is -2.08. The highest BCUT2D eigenvalue weighted by atomic mass is 32.2. The molecule has 0 atom stereocenters. The van der Waals surface area contributed by atoms with Crippen LogP contribution in [0.5, 0.6) is 11.5 Å². The maximum atomic E-state index is 11.3. The van der Waals surface area contributed by atoms with Gasteiger partial charge >= 0.3 is 0 Å². The number of carbonyl (C=O) groups excluding carboxylic acids is 1. The van der Waals surface area contributed by atoms with Gasteiger partial charge < -0.3 is 15.6 Å². The second-order valence-corrected chi connectivity index (χ2v) is 5.98. The number of nitrogens with zero attached hydrogens (tertiary/aromatic N) is 2. The van der Waals surface area contributed by atoms with E-state index in [1.807, 2.05) is 0 Å². The number of fused-ring (bicyclic) bond motifs is 1. The number of phenolic OH excluding ortho intramolecular Hbond substituents is 1. The summed E-state index contributed by atoms with van der Waals surface area (Å²) in [5.41, 5.74) is 5.80. The number of ether oxygens (including phenoxy) is 1. The first-order valence-corrected chi connectivity index (χ1v) is 7.64. The lowest BCUT2D eigenvalue weighted by atomic mass is 10.0. The number of nitro benzene ring substituents is 1. The van der Waals surface area contributed by atoms with Gasteiger partial charge in [0.25, 0.3) is 11.6 Å². The molecule has 0 saturated heterocycles. The van der Waals surface area contributed by atoms with E-state index in [-0.39, 0.29) is 22.1 Å². The number of nitriles is 1. The van der Waals surface area contributed by atoms with Gasteiger partial charge in [-0.05, 0) is 41.6 Å². The smallest absolute Gasteiger partial charge is 0.269 e. The number of thioether (sulfide) groups is 1. The van der Waals surface area contributed by atoms with E-state index in [9.17, 15) is 20.0 Å². The fourth-order valence-electron chi connectivity index (χ4n) is 2.26. The lowest BCUT2D eigenvalue weighted by Crippen LogP contribution is -2.15. The molecule has 0 aliphatic carbocycles. The first-order valence-electron chi connectivity index (χ1n) is 6.82. The monoisotopic (exact) mass is 355 g/mol. The fourth-order valence-corrected chi connectivity index (χ4v) is 3.26. The number of hydrogen-bond donors (Lipinski definition) is 2. The Bertz CT molecular complexity index is 977. The van der Waals surface area contributed by atoms with Gasteiger partial charge in [0.15, 0.2) is 10.7 Å². The number of primary amides is 1. The van der Waals surface area contributed by atoms with Gasteiger partial charge in [0, 0.05) is 17.7 Å². The van der Waals surface area contributed by atoms with Crippen LogP contribution < -0.4 is 10.5 Å². The molecule has 0 fully saturated rings. The van der Waals surface area contributed by atoms with Crippen molar-refractivity contribution in [1.29, 1.82) is 5.26 Å². The first-order chi connectivity index (χ1) is 11.9. The number of hydrogen-bond acceptors (Lipinski definition) is 7. The van der Waals surface area contributed by atoms with Gasteiger partial charge in [0.1, 0.15) is 17.6 Å². The van der Waals surface area contributed by atoms with E-state index < -0.39 is 10.8 Å². The number of benzene rings is 2. The van der Waals surface area contributed by atoms with Gasteiger partial charge in [-0.1, -0.05) is 0 Å². The van der Waals surface area contributed by atoms with E-state index in [4.69, 9.17) is 15.7 Å². The van der Waals surface area contributed by atoms with Crippen LogP contribution >= 0.6 is 11.8 Å². The number of phenols is 1. The summed E-state index contributed by atoms with van der Waals surface area (Å²) in [5.74, 6) is -0.637. The fraction of sp³-hybridized carbons (Fsp3) is 0. The van der Waals surface area contributed by atoms with Crippen molar-refractivity contribution in [2.45, 2.75) is 4.90 Å². The van der Waals surface area contributed by atoms with Crippen LogP contribution in [0.25, 0.3) is 11.1 Å². The molecular weight excluding hydrogens is 346 g/mol. The van der Waals surface area contributed by atoms with E-state index in [0.717, 1.165) is 11.8 Å². The Kier molecular flexibility index (Phi) is 4.04. The van der Waals surface area contributed by atoms with Gasteiger partial charge in [-0.3, -0.25) is 14.9 Å². The summed E-state index contributed by atoms with van der Waals surface area (Å²) in [6, 6.07) is 10.2. The lowest BCUT2D eigenvalue weighted by molar-refractivity contribution is -0.384. The van der Waals surface area contributed by atoms with E-state index in [1.165, 1.54) is 36.4 Å². The summed E-state index contributed by atoms with van der Waals surface area (Å²) in [6.45, 7) is 0. The SMILES string of the molecule is N#C/C(C(N)=O)=C1/Oc2c(cc(O)cc2-c2ccc([N+](=O)[O-])cc2)S1. The van der Waals surface area contributed by atoms with Crippen molar-refractivity contribution < 1.29 is 19.6 Å². The molecule has 0 radical (unpaired) electrons. The second kappa shape index (κ2) is 6.18. The number of rotatable bonds is 3. The maximum Gasteiger partial charge on any atom is 0.269 e. The van der Waals surface area contributed by atoms with E-state index in [0.29, 0.717) is 21.8 Å². The molecule has 0 aromatic heterocycles. The Morgan fingerprint density at radius 1 is 1.32 bits per heavy atom. The van der Waals surface area contributed by atoms with Crippen LogP contribution in [0.15, 0.2) is 52.0 Å². The van der Waals surface area contributed by atoms with Crippen molar-refractivity contribution in [1.82, 2.24) is 0 Å². The first kappa shape index (κ1) is 16.4. The summed E-state index contributed by atoms with van der Waals surface area (Å²) in [7, 11) is 0.